The summed E-state index contributed by atoms with van der Waals surface area (Å²) in [5.41, 5.74) is 3.36. The summed E-state index contributed by atoms with van der Waals surface area (Å²) in [5.74, 6) is -0.139. The molecule has 0 aromatic heterocycles. The van der Waals surface area contributed by atoms with E-state index >= 15 is 0 Å². The van der Waals surface area contributed by atoms with Gasteiger partial charge in [0.1, 0.15) is 11.4 Å². The minimum Gasteiger partial charge on any atom is -0.495 e. The molecule has 5 nitrogen and oxygen atoms in total. The van der Waals surface area contributed by atoms with Crippen molar-refractivity contribution in [2.75, 3.05) is 17.3 Å². The number of nitrogens with zero attached hydrogens (tertiary/aromatic N) is 1. The first-order valence-electron chi connectivity index (χ1n) is 10.3. The van der Waals surface area contributed by atoms with Crippen molar-refractivity contribution in [3.63, 3.8) is 0 Å². The van der Waals surface area contributed by atoms with Gasteiger partial charge in [0.2, 0.25) is 0 Å². The van der Waals surface area contributed by atoms with Gasteiger partial charge in [0.05, 0.1) is 18.4 Å². The summed E-state index contributed by atoms with van der Waals surface area (Å²) in [4.78, 5) is 28.2. The number of carbonyl (C=O) groups is 2. The fraction of sp³-hybridized carbons (Fsp3) is 0.154. The highest BCUT2D eigenvalue weighted by Gasteiger charge is 2.41. The van der Waals surface area contributed by atoms with Gasteiger partial charge in [0.25, 0.3) is 11.8 Å². The standard InChI is InChI=1S/C26H23ClN2O3/c1-16(2)17-9-12-20(13-10-17)28-24-23(18-7-5-4-6-8-18)25(30)29(26(24)31)21-15-19(27)11-14-22(21)32-3/h4-16,28H,1-3H3. The summed E-state index contributed by atoms with van der Waals surface area (Å²) in [6.07, 6.45) is 0. The van der Waals surface area contributed by atoms with Gasteiger partial charge in [-0.05, 0) is 47.4 Å². The maximum atomic E-state index is 13.5. The largest absolute Gasteiger partial charge is 0.495 e. The average molecular weight is 447 g/mol. The summed E-state index contributed by atoms with van der Waals surface area (Å²) in [6.45, 7) is 4.24. The van der Waals surface area contributed by atoms with E-state index < -0.39 is 11.8 Å². The zero-order chi connectivity index (χ0) is 22.8. The fourth-order valence-corrected chi connectivity index (χ4v) is 3.84. The van der Waals surface area contributed by atoms with Gasteiger partial charge in [-0.2, -0.15) is 0 Å². The molecule has 3 aromatic rings. The number of hydrogen-bond acceptors (Lipinski definition) is 4. The van der Waals surface area contributed by atoms with Crippen LogP contribution in [0.1, 0.15) is 30.9 Å². The Bertz CT molecular complexity index is 1200. The van der Waals surface area contributed by atoms with Gasteiger partial charge in [-0.15, -0.1) is 0 Å². The Labute approximate surface area is 192 Å². The number of hydrogen-bond donors (Lipinski definition) is 1. The molecule has 1 aliphatic heterocycles. The third-order valence-corrected chi connectivity index (χ3v) is 5.61. The first-order chi connectivity index (χ1) is 15.4. The summed E-state index contributed by atoms with van der Waals surface area (Å²) >= 11 is 6.17. The number of methoxy groups -OCH3 is 1. The Balaban J connectivity index is 1.80. The molecule has 0 bridgehead atoms. The Hall–Kier alpha value is -3.57. The summed E-state index contributed by atoms with van der Waals surface area (Å²) < 4.78 is 5.40. The van der Waals surface area contributed by atoms with Gasteiger partial charge in [-0.3, -0.25) is 9.59 Å². The monoisotopic (exact) mass is 446 g/mol. The van der Waals surface area contributed by atoms with Gasteiger partial charge in [0.15, 0.2) is 0 Å². The lowest BCUT2D eigenvalue weighted by Crippen LogP contribution is -2.32. The molecule has 0 saturated heterocycles. The second kappa shape index (κ2) is 8.89. The smallest absolute Gasteiger partial charge is 0.282 e. The molecule has 0 saturated carbocycles. The van der Waals surface area contributed by atoms with Crippen molar-refractivity contribution >= 4 is 40.4 Å². The third kappa shape index (κ3) is 3.99. The highest BCUT2D eigenvalue weighted by atomic mass is 35.5. The van der Waals surface area contributed by atoms with E-state index in [1.165, 1.54) is 12.7 Å². The van der Waals surface area contributed by atoms with E-state index in [1.807, 2.05) is 54.6 Å². The number of imide groups is 1. The van der Waals surface area contributed by atoms with Crippen LogP contribution in [0.5, 0.6) is 5.75 Å². The van der Waals surface area contributed by atoms with Gasteiger partial charge in [-0.1, -0.05) is 67.9 Å². The first-order valence-corrected chi connectivity index (χ1v) is 10.7. The van der Waals surface area contributed by atoms with Gasteiger partial charge in [0, 0.05) is 10.7 Å². The molecule has 1 heterocycles. The quantitative estimate of drug-likeness (QED) is 0.481. The first kappa shape index (κ1) is 21.7. The van der Waals surface area contributed by atoms with Crippen molar-refractivity contribution in [1.82, 2.24) is 0 Å². The number of ether oxygens (including phenoxy) is 1. The molecule has 32 heavy (non-hydrogen) atoms. The van der Waals surface area contributed by atoms with E-state index in [-0.39, 0.29) is 5.70 Å². The molecule has 0 spiro atoms. The second-order valence-electron chi connectivity index (χ2n) is 7.78. The summed E-state index contributed by atoms with van der Waals surface area (Å²) in [6, 6.07) is 21.8. The number of benzene rings is 3. The van der Waals surface area contributed by atoms with Crippen LogP contribution in [0, 0.1) is 0 Å². The van der Waals surface area contributed by atoms with Crippen molar-refractivity contribution < 1.29 is 14.3 Å². The lowest BCUT2D eigenvalue weighted by atomic mass is 10.0. The van der Waals surface area contributed by atoms with Crippen molar-refractivity contribution in [1.29, 1.82) is 0 Å². The van der Waals surface area contributed by atoms with Crippen molar-refractivity contribution in [3.8, 4) is 5.75 Å². The zero-order valence-corrected chi connectivity index (χ0v) is 18.8. The average Bonchev–Trinajstić information content (AvgIpc) is 3.03. The zero-order valence-electron chi connectivity index (χ0n) is 18.1. The normalized spacial score (nSPS) is 13.8. The predicted octanol–water partition coefficient (Wildman–Crippen LogP) is 5.87. The molecule has 0 aliphatic carbocycles. The van der Waals surface area contributed by atoms with Gasteiger partial charge >= 0.3 is 0 Å². The molecule has 6 heteroatoms. The number of halogens is 1. The highest BCUT2D eigenvalue weighted by molar-refractivity contribution is 6.46. The predicted molar refractivity (Wildman–Crippen MR) is 128 cm³/mol. The van der Waals surface area contributed by atoms with Crippen LogP contribution in [-0.2, 0) is 9.59 Å². The molecule has 1 aliphatic rings. The van der Waals surface area contributed by atoms with Crippen LogP contribution >= 0.6 is 11.6 Å². The highest BCUT2D eigenvalue weighted by Crippen LogP contribution is 2.39. The maximum absolute atomic E-state index is 13.5. The van der Waals surface area contributed by atoms with E-state index in [0.29, 0.717) is 33.5 Å². The van der Waals surface area contributed by atoms with Crippen LogP contribution in [0.4, 0.5) is 11.4 Å². The lowest BCUT2D eigenvalue weighted by Gasteiger charge is -2.18. The molecule has 0 atom stereocenters. The Morgan fingerprint density at radius 3 is 2.22 bits per heavy atom. The van der Waals surface area contributed by atoms with Crippen molar-refractivity contribution in [3.05, 3.63) is 94.6 Å². The second-order valence-corrected chi connectivity index (χ2v) is 8.22. The molecule has 0 fully saturated rings. The molecule has 2 amide bonds. The molecule has 0 radical (unpaired) electrons. The molecule has 0 unspecified atom stereocenters. The minimum absolute atomic E-state index is 0.209. The van der Waals surface area contributed by atoms with E-state index in [1.54, 1.807) is 18.2 Å². The maximum Gasteiger partial charge on any atom is 0.282 e. The van der Waals surface area contributed by atoms with Gasteiger partial charge < -0.3 is 10.1 Å². The summed E-state index contributed by atoms with van der Waals surface area (Å²) in [7, 11) is 1.48. The van der Waals surface area contributed by atoms with E-state index in [4.69, 9.17) is 16.3 Å². The number of carbonyl (C=O) groups excluding carboxylic acids is 2. The lowest BCUT2D eigenvalue weighted by molar-refractivity contribution is -0.120. The van der Waals surface area contributed by atoms with Crippen LogP contribution < -0.4 is 15.0 Å². The Morgan fingerprint density at radius 2 is 1.59 bits per heavy atom. The van der Waals surface area contributed by atoms with E-state index in [9.17, 15) is 9.59 Å². The van der Waals surface area contributed by atoms with Crippen LogP contribution in [0.3, 0.4) is 0 Å². The van der Waals surface area contributed by atoms with Gasteiger partial charge in [-0.25, -0.2) is 4.90 Å². The molecular weight excluding hydrogens is 424 g/mol. The number of amides is 2. The number of nitrogens with one attached hydrogen (secondary N) is 1. The molecule has 162 valence electrons. The molecular formula is C26H23ClN2O3. The topological polar surface area (TPSA) is 58.6 Å². The Morgan fingerprint density at radius 1 is 0.906 bits per heavy atom. The van der Waals surface area contributed by atoms with Crippen LogP contribution in [0.25, 0.3) is 5.57 Å². The third-order valence-electron chi connectivity index (χ3n) is 5.37. The van der Waals surface area contributed by atoms with E-state index in [0.717, 1.165) is 10.6 Å². The molecule has 4 rings (SSSR count). The SMILES string of the molecule is COc1ccc(Cl)cc1N1C(=O)C(Nc2ccc(C(C)C)cc2)=C(c2ccccc2)C1=O. The van der Waals surface area contributed by atoms with Crippen LogP contribution in [-0.4, -0.2) is 18.9 Å². The molecule has 1 N–H and O–H groups in total. The minimum atomic E-state index is -0.470. The van der Waals surface area contributed by atoms with Crippen molar-refractivity contribution in [2.24, 2.45) is 0 Å². The van der Waals surface area contributed by atoms with E-state index in [2.05, 4.69) is 19.2 Å². The number of anilines is 2. The van der Waals surface area contributed by atoms with Crippen LogP contribution in [0.15, 0.2) is 78.5 Å². The Kier molecular flexibility index (Phi) is 6.01. The van der Waals surface area contributed by atoms with Crippen LogP contribution in [0.2, 0.25) is 5.02 Å². The fourth-order valence-electron chi connectivity index (χ4n) is 3.67. The molecule has 3 aromatic carbocycles. The van der Waals surface area contributed by atoms with Crippen molar-refractivity contribution in [2.45, 2.75) is 19.8 Å². The summed E-state index contributed by atoms with van der Waals surface area (Å²) in [5, 5.41) is 3.58. The number of rotatable bonds is 6.